The van der Waals surface area contributed by atoms with Gasteiger partial charge in [-0.25, -0.2) is 18.2 Å². The molecule has 0 atom stereocenters. The number of nitrogens with one attached hydrogen (secondary N) is 1. The first kappa shape index (κ1) is 27.2. The molecule has 2 rings (SSSR count). The van der Waals surface area contributed by atoms with Crippen molar-refractivity contribution in [1.29, 1.82) is 0 Å². The Hall–Kier alpha value is -3.01. The summed E-state index contributed by atoms with van der Waals surface area (Å²) in [7, 11) is 7.36. The van der Waals surface area contributed by atoms with Crippen molar-refractivity contribution in [3.05, 3.63) is 58.9 Å². The van der Waals surface area contributed by atoms with Gasteiger partial charge in [0.15, 0.2) is 5.96 Å². The average Bonchev–Trinajstić information content (AvgIpc) is 2.80. The van der Waals surface area contributed by atoms with E-state index in [9.17, 15) is 18.0 Å². The Labute approximate surface area is 199 Å². The van der Waals surface area contributed by atoms with Gasteiger partial charge in [0, 0.05) is 11.1 Å². The molecule has 2 aromatic rings. The highest BCUT2D eigenvalue weighted by Gasteiger charge is 2.31. The van der Waals surface area contributed by atoms with Crippen molar-refractivity contribution in [1.82, 2.24) is 10.2 Å². The molecule has 0 aliphatic rings. The maximum atomic E-state index is 14.6. The Kier molecular flexibility index (Phi) is 9.98. The lowest BCUT2D eigenvalue weighted by Crippen LogP contribution is -2.41. The number of carbonyl (C=O) groups is 1. The van der Waals surface area contributed by atoms with Gasteiger partial charge in [-0.3, -0.25) is 15.0 Å². The van der Waals surface area contributed by atoms with Crippen LogP contribution in [0.2, 0.25) is 0 Å². The molecule has 3 N–H and O–H groups in total. The highest BCUT2D eigenvalue weighted by molar-refractivity contribution is 6.32. The molecule has 0 heterocycles. The number of hydrogen-bond acceptors (Lipinski definition) is 4. The number of nitrogens with zero attached hydrogens (tertiary/aromatic N) is 2. The molecular weight excluding hydrogens is 444 g/mol. The van der Waals surface area contributed by atoms with Gasteiger partial charge in [-0.1, -0.05) is 37.5 Å². The maximum absolute atomic E-state index is 14.6. The molecule has 0 aliphatic heterocycles. The third kappa shape index (κ3) is 7.79. The number of methoxy groups -OCH3 is 1. The van der Waals surface area contributed by atoms with E-state index in [-0.39, 0.29) is 17.5 Å². The van der Waals surface area contributed by atoms with Crippen LogP contribution in [0, 0.1) is 5.82 Å². The van der Waals surface area contributed by atoms with E-state index >= 15 is 0 Å². The summed E-state index contributed by atoms with van der Waals surface area (Å²) in [5, 5.41) is 2.28. The second-order valence-corrected chi connectivity index (χ2v) is 7.81. The quantitative estimate of drug-likeness (QED) is 0.298. The molecule has 182 valence electrons. The zero-order valence-corrected chi connectivity index (χ0v) is 19.7. The monoisotopic (exact) mass is 474 g/mol. The van der Waals surface area contributed by atoms with E-state index in [1.54, 1.807) is 36.9 Å². The van der Waals surface area contributed by atoms with E-state index in [1.165, 1.54) is 25.3 Å². The molecular formula is C24H30BF3N4O2. The van der Waals surface area contributed by atoms with Crippen LogP contribution >= 0.6 is 0 Å². The molecule has 6 nitrogen and oxygen atoms in total. The van der Waals surface area contributed by atoms with Crippen LogP contribution in [0.5, 0.6) is 5.75 Å². The predicted molar refractivity (Wildman–Crippen MR) is 129 cm³/mol. The first-order valence-electron chi connectivity index (χ1n) is 11.0. The van der Waals surface area contributed by atoms with Gasteiger partial charge in [-0.15, -0.1) is 0 Å². The van der Waals surface area contributed by atoms with Crippen molar-refractivity contribution in [2.45, 2.75) is 32.6 Å². The van der Waals surface area contributed by atoms with Crippen LogP contribution < -0.4 is 21.3 Å². The summed E-state index contributed by atoms with van der Waals surface area (Å²) in [6.07, 6.45) is 0.533. The number of hydrogen-bond donors (Lipinski definition) is 2. The number of amides is 1. The smallest absolute Gasteiger partial charge is 0.279 e. The van der Waals surface area contributed by atoms with Crippen LogP contribution in [0.15, 0.2) is 41.4 Å². The Morgan fingerprint density at radius 1 is 1.21 bits per heavy atom. The van der Waals surface area contributed by atoms with Gasteiger partial charge in [0.05, 0.1) is 13.7 Å². The summed E-state index contributed by atoms with van der Waals surface area (Å²) >= 11 is 0. The fourth-order valence-electron chi connectivity index (χ4n) is 3.53. The van der Waals surface area contributed by atoms with E-state index in [0.717, 1.165) is 5.56 Å². The number of carbonyl (C=O) groups excluding carboxylic acids is 1. The predicted octanol–water partition coefficient (Wildman–Crippen LogP) is 2.43. The summed E-state index contributed by atoms with van der Waals surface area (Å²) < 4.78 is 48.2. The second kappa shape index (κ2) is 12.5. The number of benzene rings is 2. The van der Waals surface area contributed by atoms with Gasteiger partial charge in [-0.05, 0) is 49.7 Å². The van der Waals surface area contributed by atoms with Crippen molar-refractivity contribution in [2.24, 2.45) is 10.7 Å². The SMILES string of the molecule is [B]c1ccc(OC)c(CCc2c(F)cccc2C(=O)NC(N)=NCC(F)(F)CN(CC)CC)c1. The van der Waals surface area contributed by atoms with E-state index in [2.05, 4.69) is 10.3 Å². The number of ether oxygens (including phenoxy) is 1. The Bertz CT molecular complexity index is 1010. The maximum Gasteiger partial charge on any atom is 0.279 e. The summed E-state index contributed by atoms with van der Waals surface area (Å²) in [6.45, 7) is 3.19. The number of halogens is 3. The van der Waals surface area contributed by atoms with Crippen LogP contribution in [0.1, 0.15) is 35.3 Å². The van der Waals surface area contributed by atoms with E-state index in [1.807, 2.05) is 0 Å². The molecule has 0 unspecified atom stereocenters. The minimum absolute atomic E-state index is 0.0379. The molecule has 2 aromatic carbocycles. The minimum Gasteiger partial charge on any atom is -0.496 e. The largest absolute Gasteiger partial charge is 0.496 e. The number of aliphatic imine (C=N–C) groups is 1. The van der Waals surface area contributed by atoms with Crippen LogP contribution in [-0.2, 0) is 12.8 Å². The van der Waals surface area contributed by atoms with Crippen LogP contribution in [0.25, 0.3) is 0 Å². The van der Waals surface area contributed by atoms with Crippen molar-refractivity contribution < 1.29 is 22.7 Å². The number of nitrogens with two attached hydrogens (primary N) is 1. The minimum atomic E-state index is -3.11. The third-order valence-corrected chi connectivity index (χ3v) is 5.38. The van der Waals surface area contributed by atoms with E-state index in [4.69, 9.17) is 18.3 Å². The molecule has 0 fully saturated rings. The van der Waals surface area contributed by atoms with Gasteiger partial charge in [0.1, 0.15) is 26.0 Å². The molecule has 0 aliphatic carbocycles. The highest BCUT2D eigenvalue weighted by Crippen LogP contribution is 2.22. The molecule has 10 heteroatoms. The average molecular weight is 474 g/mol. The molecule has 0 saturated heterocycles. The van der Waals surface area contributed by atoms with Gasteiger partial charge >= 0.3 is 0 Å². The van der Waals surface area contributed by atoms with Crippen molar-refractivity contribution in [3.8, 4) is 5.75 Å². The topological polar surface area (TPSA) is 79.9 Å². The zero-order chi connectivity index (χ0) is 25.3. The third-order valence-electron chi connectivity index (χ3n) is 5.38. The molecule has 0 bridgehead atoms. The lowest BCUT2D eigenvalue weighted by Gasteiger charge is -2.23. The lowest BCUT2D eigenvalue weighted by molar-refractivity contribution is -0.0207. The highest BCUT2D eigenvalue weighted by atomic mass is 19.3. The van der Waals surface area contributed by atoms with E-state index < -0.39 is 36.7 Å². The van der Waals surface area contributed by atoms with Crippen molar-refractivity contribution in [3.63, 3.8) is 0 Å². The zero-order valence-electron chi connectivity index (χ0n) is 19.7. The van der Waals surface area contributed by atoms with Crippen molar-refractivity contribution in [2.75, 3.05) is 33.3 Å². The van der Waals surface area contributed by atoms with Crippen LogP contribution in [0.4, 0.5) is 13.2 Å². The van der Waals surface area contributed by atoms with Gasteiger partial charge in [0.25, 0.3) is 11.8 Å². The normalized spacial score (nSPS) is 12.1. The second-order valence-electron chi connectivity index (χ2n) is 7.81. The summed E-state index contributed by atoms with van der Waals surface area (Å²) in [4.78, 5) is 17.9. The Morgan fingerprint density at radius 2 is 1.91 bits per heavy atom. The first-order chi connectivity index (χ1) is 16.1. The standard InChI is InChI=1S/C24H30BF3N4O2/c1-4-32(5-2)15-24(27,28)14-30-23(29)31-22(33)19-7-6-8-20(26)18(19)11-9-16-13-17(25)10-12-21(16)34-3/h6-8,10,12-13H,4-5,9,11,14-15H2,1-3H3,(H3,29,30,31,33). The van der Waals surface area contributed by atoms with Gasteiger partial charge < -0.3 is 10.5 Å². The van der Waals surface area contributed by atoms with Gasteiger partial charge in [0.2, 0.25) is 0 Å². The molecule has 1 amide bonds. The fourth-order valence-corrected chi connectivity index (χ4v) is 3.53. The number of guanidine groups is 1. The molecule has 34 heavy (non-hydrogen) atoms. The molecule has 0 aromatic heterocycles. The van der Waals surface area contributed by atoms with Crippen molar-refractivity contribution >= 4 is 25.2 Å². The lowest BCUT2D eigenvalue weighted by atomic mass is 9.91. The van der Waals surface area contributed by atoms with Gasteiger partial charge in [-0.2, -0.15) is 0 Å². The summed E-state index contributed by atoms with van der Waals surface area (Å²) in [6, 6.07) is 9.20. The number of alkyl halides is 2. The molecule has 0 spiro atoms. The van der Waals surface area contributed by atoms with Crippen LogP contribution in [0.3, 0.4) is 0 Å². The summed E-state index contributed by atoms with van der Waals surface area (Å²) in [5.74, 6) is -4.28. The number of rotatable bonds is 11. The number of aryl methyl sites for hydroxylation is 1. The molecule has 0 saturated carbocycles. The molecule has 2 radical (unpaired) electrons. The Morgan fingerprint density at radius 3 is 2.56 bits per heavy atom. The fraction of sp³-hybridized carbons (Fsp3) is 0.417. The van der Waals surface area contributed by atoms with Crippen LogP contribution in [-0.4, -0.2) is 63.8 Å². The van der Waals surface area contributed by atoms with E-state index in [0.29, 0.717) is 30.7 Å². The first-order valence-corrected chi connectivity index (χ1v) is 11.0. The summed E-state index contributed by atoms with van der Waals surface area (Å²) in [5.41, 5.74) is 7.15. The Balaban J connectivity index is 2.13.